The van der Waals surface area contributed by atoms with Crippen molar-refractivity contribution in [2.24, 2.45) is 0 Å². The number of anilines is 1. The molecular weight excluding hydrogens is 390 g/mol. The van der Waals surface area contributed by atoms with Crippen molar-refractivity contribution in [3.63, 3.8) is 0 Å². The molecule has 1 aliphatic rings. The van der Waals surface area contributed by atoms with Crippen LogP contribution in [0.4, 0.5) is 5.69 Å². The summed E-state index contributed by atoms with van der Waals surface area (Å²) in [7, 11) is 0. The summed E-state index contributed by atoms with van der Waals surface area (Å²) < 4.78 is 0. The van der Waals surface area contributed by atoms with E-state index in [0.717, 1.165) is 28.1 Å². The van der Waals surface area contributed by atoms with Crippen molar-refractivity contribution in [1.82, 2.24) is 0 Å². The standard InChI is InChI=1S/C30H25NO/c1-22-13-11-12-20-26(22)28-21-27(30(32)24-16-7-3-8-17-24)29(23-14-5-2-6-15-23)31(28)25-18-9-4-10-19-25/h2-20,28H,21H2,1H3/t28-/m1/s1. The summed E-state index contributed by atoms with van der Waals surface area (Å²) in [6.07, 6.45) is 0.664. The van der Waals surface area contributed by atoms with Crippen molar-refractivity contribution in [2.45, 2.75) is 19.4 Å². The van der Waals surface area contributed by atoms with Crippen molar-refractivity contribution < 1.29 is 4.79 Å². The highest BCUT2D eigenvalue weighted by Gasteiger charge is 2.38. The van der Waals surface area contributed by atoms with Crippen molar-refractivity contribution in [3.05, 3.63) is 143 Å². The summed E-state index contributed by atoms with van der Waals surface area (Å²) in [4.78, 5) is 16.1. The molecule has 0 radical (unpaired) electrons. The maximum absolute atomic E-state index is 13.8. The lowest BCUT2D eigenvalue weighted by atomic mass is 9.93. The van der Waals surface area contributed by atoms with E-state index in [1.807, 2.05) is 54.6 Å². The molecule has 32 heavy (non-hydrogen) atoms. The molecule has 5 rings (SSSR count). The zero-order valence-corrected chi connectivity index (χ0v) is 18.1. The highest BCUT2D eigenvalue weighted by atomic mass is 16.1. The van der Waals surface area contributed by atoms with E-state index in [0.29, 0.717) is 6.42 Å². The van der Waals surface area contributed by atoms with Crippen LogP contribution in [0.5, 0.6) is 0 Å². The van der Waals surface area contributed by atoms with E-state index in [1.54, 1.807) is 0 Å². The van der Waals surface area contributed by atoms with E-state index in [2.05, 4.69) is 72.5 Å². The minimum atomic E-state index is 0.0523. The first kappa shape index (κ1) is 20.0. The molecule has 1 aliphatic heterocycles. The number of ketones is 1. The lowest BCUT2D eigenvalue weighted by Gasteiger charge is -2.31. The van der Waals surface area contributed by atoms with Gasteiger partial charge in [0.05, 0.1) is 11.7 Å². The fourth-order valence-electron chi connectivity index (χ4n) is 4.66. The summed E-state index contributed by atoms with van der Waals surface area (Å²) >= 11 is 0. The first-order chi connectivity index (χ1) is 15.7. The maximum atomic E-state index is 13.8. The van der Waals surface area contributed by atoms with Crippen LogP contribution in [0.15, 0.2) is 121 Å². The number of benzene rings is 4. The molecule has 0 saturated heterocycles. The van der Waals surface area contributed by atoms with Crippen LogP contribution in [0.25, 0.3) is 5.70 Å². The predicted octanol–water partition coefficient (Wildman–Crippen LogP) is 7.24. The van der Waals surface area contributed by atoms with Gasteiger partial charge in [-0.25, -0.2) is 0 Å². The predicted molar refractivity (Wildman–Crippen MR) is 132 cm³/mol. The van der Waals surface area contributed by atoms with Crippen LogP contribution in [0, 0.1) is 6.92 Å². The molecular formula is C30H25NO. The van der Waals surface area contributed by atoms with Crippen LogP contribution in [-0.4, -0.2) is 5.78 Å². The maximum Gasteiger partial charge on any atom is 0.191 e. The first-order valence-electron chi connectivity index (χ1n) is 11.0. The van der Waals surface area contributed by atoms with Gasteiger partial charge >= 0.3 is 0 Å². The topological polar surface area (TPSA) is 20.3 Å². The summed E-state index contributed by atoms with van der Waals surface area (Å²) in [5.41, 5.74) is 7.23. The fraction of sp³-hybridized carbons (Fsp3) is 0.100. The van der Waals surface area contributed by atoms with Crippen LogP contribution in [0.3, 0.4) is 0 Å². The molecule has 0 saturated carbocycles. The Morgan fingerprint density at radius 1 is 0.719 bits per heavy atom. The summed E-state index contributed by atoms with van der Waals surface area (Å²) in [6.45, 7) is 2.15. The van der Waals surface area contributed by atoms with Crippen molar-refractivity contribution in [1.29, 1.82) is 0 Å². The Labute approximate surface area is 189 Å². The molecule has 156 valence electrons. The SMILES string of the molecule is Cc1ccccc1[C@H]1CC(C(=O)c2ccccc2)=C(c2ccccc2)N1c1ccccc1. The van der Waals surface area contributed by atoms with E-state index < -0.39 is 0 Å². The number of para-hydroxylation sites is 1. The van der Waals surface area contributed by atoms with Crippen LogP contribution < -0.4 is 4.90 Å². The van der Waals surface area contributed by atoms with Gasteiger partial charge < -0.3 is 4.90 Å². The van der Waals surface area contributed by atoms with Crippen LogP contribution in [-0.2, 0) is 0 Å². The van der Waals surface area contributed by atoms with E-state index in [4.69, 9.17) is 0 Å². The molecule has 0 aromatic heterocycles. The first-order valence-corrected chi connectivity index (χ1v) is 11.0. The van der Waals surface area contributed by atoms with Gasteiger partial charge in [0.15, 0.2) is 5.78 Å². The van der Waals surface area contributed by atoms with Crippen LogP contribution >= 0.6 is 0 Å². The Hall–Kier alpha value is -3.91. The van der Waals surface area contributed by atoms with Gasteiger partial charge in [-0.15, -0.1) is 0 Å². The Balaban J connectivity index is 1.74. The third kappa shape index (κ3) is 3.65. The lowest BCUT2D eigenvalue weighted by Crippen LogP contribution is -2.23. The van der Waals surface area contributed by atoms with Gasteiger partial charge in [-0.3, -0.25) is 4.79 Å². The number of carbonyl (C=O) groups excluding carboxylic acids is 1. The van der Waals surface area contributed by atoms with Gasteiger partial charge in [0.1, 0.15) is 0 Å². The molecule has 4 aromatic carbocycles. The monoisotopic (exact) mass is 415 g/mol. The zero-order chi connectivity index (χ0) is 21.9. The fourth-order valence-corrected chi connectivity index (χ4v) is 4.66. The van der Waals surface area contributed by atoms with Gasteiger partial charge in [0.2, 0.25) is 0 Å². The smallest absolute Gasteiger partial charge is 0.191 e. The van der Waals surface area contributed by atoms with Gasteiger partial charge in [-0.2, -0.15) is 0 Å². The third-order valence-electron chi connectivity index (χ3n) is 6.18. The second kappa shape index (κ2) is 8.68. The second-order valence-corrected chi connectivity index (χ2v) is 8.17. The highest BCUT2D eigenvalue weighted by molar-refractivity contribution is 6.15. The summed E-state index contributed by atoms with van der Waals surface area (Å²) in [6, 6.07) is 38.9. The van der Waals surface area contributed by atoms with Crippen LogP contribution in [0.1, 0.15) is 39.5 Å². The van der Waals surface area contributed by atoms with E-state index in [-0.39, 0.29) is 11.8 Å². The Morgan fingerprint density at radius 3 is 1.94 bits per heavy atom. The molecule has 0 N–H and O–H groups in total. The Morgan fingerprint density at radius 2 is 1.28 bits per heavy atom. The molecule has 0 aliphatic carbocycles. The zero-order valence-electron chi connectivity index (χ0n) is 18.1. The molecule has 1 heterocycles. The van der Waals surface area contributed by atoms with Gasteiger partial charge in [-0.05, 0) is 35.7 Å². The van der Waals surface area contributed by atoms with E-state index >= 15 is 0 Å². The molecule has 2 heteroatoms. The number of carbonyl (C=O) groups is 1. The largest absolute Gasteiger partial charge is 0.333 e. The normalized spacial score (nSPS) is 15.8. The molecule has 4 aromatic rings. The van der Waals surface area contributed by atoms with Gasteiger partial charge in [-0.1, -0.05) is 103 Å². The van der Waals surface area contributed by atoms with Gasteiger partial charge in [0.25, 0.3) is 0 Å². The molecule has 1 atom stereocenters. The van der Waals surface area contributed by atoms with Crippen molar-refractivity contribution >= 4 is 17.2 Å². The van der Waals surface area contributed by atoms with Crippen LogP contribution in [0.2, 0.25) is 0 Å². The summed E-state index contributed by atoms with van der Waals surface area (Å²) in [5, 5.41) is 0. The average molecular weight is 416 g/mol. The van der Waals surface area contributed by atoms with E-state index in [1.165, 1.54) is 11.1 Å². The minimum Gasteiger partial charge on any atom is -0.333 e. The average Bonchev–Trinajstić information content (AvgIpc) is 3.26. The highest BCUT2D eigenvalue weighted by Crippen LogP contribution is 2.47. The van der Waals surface area contributed by atoms with Crippen molar-refractivity contribution in [2.75, 3.05) is 4.90 Å². The van der Waals surface area contributed by atoms with E-state index in [9.17, 15) is 4.79 Å². The molecule has 2 nitrogen and oxygen atoms in total. The number of hydrogen-bond acceptors (Lipinski definition) is 2. The third-order valence-corrected chi connectivity index (χ3v) is 6.18. The molecule has 0 unspecified atom stereocenters. The van der Waals surface area contributed by atoms with Crippen molar-refractivity contribution in [3.8, 4) is 0 Å². The van der Waals surface area contributed by atoms with Gasteiger partial charge in [0, 0.05) is 23.2 Å². The molecule has 0 spiro atoms. The molecule has 0 bridgehead atoms. The lowest BCUT2D eigenvalue weighted by molar-refractivity contribution is 0.103. The number of hydrogen-bond donors (Lipinski definition) is 0. The quantitative estimate of drug-likeness (QED) is 0.320. The number of rotatable bonds is 5. The summed E-state index contributed by atoms with van der Waals surface area (Å²) in [5.74, 6) is 0.0986. The molecule has 0 amide bonds. The Kier molecular flexibility index (Phi) is 5.43. The number of Topliss-reactive ketones (excluding diaryl/α,β-unsaturated/α-hetero) is 1. The minimum absolute atomic E-state index is 0.0523. The second-order valence-electron chi connectivity index (χ2n) is 8.17. The number of nitrogens with zero attached hydrogens (tertiary/aromatic N) is 1. The Bertz CT molecular complexity index is 1260. The molecule has 0 fully saturated rings. The number of aryl methyl sites for hydroxylation is 1.